The van der Waals surface area contributed by atoms with Crippen molar-refractivity contribution in [2.45, 2.75) is 32.4 Å². The van der Waals surface area contributed by atoms with E-state index in [2.05, 4.69) is 4.98 Å². The van der Waals surface area contributed by atoms with E-state index in [9.17, 15) is 18.0 Å². The fourth-order valence-electron chi connectivity index (χ4n) is 2.05. The lowest BCUT2D eigenvalue weighted by molar-refractivity contribution is -0.141. The number of aryl methyl sites for hydroxylation is 1. The van der Waals surface area contributed by atoms with Crippen LogP contribution in [0, 0.1) is 0 Å². The van der Waals surface area contributed by atoms with E-state index in [1.807, 2.05) is 0 Å². The van der Waals surface area contributed by atoms with Gasteiger partial charge in [-0.3, -0.25) is 9.69 Å². The van der Waals surface area contributed by atoms with Gasteiger partial charge >= 0.3 is 6.18 Å². The van der Waals surface area contributed by atoms with Crippen molar-refractivity contribution in [2.75, 3.05) is 11.4 Å². The third-order valence-corrected chi connectivity index (χ3v) is 2.96. The molecule has 3 nitrogen and oxygen atoms in total. The molecule has 0 radical (unpaired) electrons. The predicted octanol–water partition coefficient (Wildman–Crippen LogP) is 2.79. The number of hydrogen-bond acceptors (Lipinski definition) is 2. The number of anilines is 1. The van der Waals surface area contributed by atoms with E-state index >= 15 is 0 Å². The average molecular weight is 258 g/mol. The summed E-state index contributed by atoms with van der Waals surface area (Å²) in [7, 11) is 0. The normalized spacial score (nSPS) is 16.4. The SMILES string of the molecule is CCc1ccc(N2CCCC2=O)nc1C(F)(F)F. The van der Waals surface area contributed by atoms with Crippen LogP contribution in [0.2, 0.25) is 0 Å². The molecule has 0 saturated carbocycles. The van der Waals surface area contributed by atoms with Crippen molar-refractivity contribution in [3.8, 4) is 0 Å². The van der Waals surface area contributed by atoms with Crippen LogP contribution in [-0.2, 0) is 17.4 Å². The van der Waals surface area contributed by atoms with Gasteiger partial charge in [-0.05, 0) is 24.5 Å². The van der Waals surface area contributed by atoms with Crippen LogP contribution in [0.25, 0.3) is 0 Å². The highest BCUT2D eigenvalue weighted by molar-refractivity contribution is 5.94. The molecule has 0 aliphatic carbocycles. The maximum atomic E-state index is 12.8. The van der Waals surface area contributed by atoms with E-state index in [0.717, 1.165) is 0 Å². The summed E-state index contributed by atoms with van der Waals surface area (Å²) in [5, 5.41) is 0. The summed E-state index contributed by atoms with van der Waals surface area (Å²) >= 11 is 0. The first kappa shape index (κ1) is 12.9. The molecule has 18 heavy (non-hydrogen) atoms. The number of halogens is 3. The van der Waals surface area contributed by atoms with Crippen LogP contribution in [0.4, 0.5) is 19.0 Å². The highest BCUT2D eigenvalue weighted by atomic mass is 19.4. The molecule has 1 aliphatic rings. The van der Waals surface area contributed by atoms with Gasteiger partial charge in [0.2, 0.25) is 5.91 Å². The summed E-state index contributed by atoms with van der Waals surface area (Å²) in [6, 6.07) is 2.88. The molecule has 0 N–H and O–H groups in total. The van der Waals surface area contributed by atoms with Gasteiger partial charge in [-0.25, -0.2) is 4.98 Å². The van der Waals surface area contributed by atoms with Crippen LogP contribution in [0.1, 0.15) is 31.0 Å². The second-order valence-corrected chi connectivity index (χ2v) is 4.18. The lowest BCUT2D eigenvalue weighted by atomic mass is 10.1. The summed E-state index contributed by atoms with van der Waals surface area (Å²) in [6.07, 6.45) is -3.18. The Kier molecular flexibility index (Phi) is 3.28. The first-order valence-corrected chi connectivity index (χ1v) is 5.81. The lowest BCUT2D eigenvalue weighted by Gasteiger charge is -2.18. The molecule has 1 aromatic rings. The second-order valence-electron chi connectivity index (χ2n) is 4.18. The Morgan fingerprint density at radius 3 is 2.61 bits per heavy atom. The highest BCUT2D eigenvalue weighted by Gasteiger charge is 2.36. The van der Waals surface area contributed by atoms with E-state index in [0.29, 0.717) is 19.4 Å². The standard InChI is InChI=1S/C12H13F3N2O/c1-2-8-5-6-9(16-11(8)12(13,14)15)17-7-3-4-10(17)18/h5-6H,2-4,7H2,1H3. The number of carbonyl (C=O) groups is 1. The monoisotopic (exact) mass is 258 g/mol. The number of aromatic nitrogens is 1. The third kappa shape index (κ3) is 2.32. The van der Waals surface area contributed by atoms with Crippen LogP contribution < -0.4 is 4.90 Å². The summed E-state index contributed by atoms with van der Waals surface area (Å²) in [4.78, 5) is 16.4. The Morgan fingerprint density at radius 2 is 2.11 bits per heavy atom. The molecule has 0 spiro atoms. The molecule has 1 saturated heterocycles. The van der Waals surface area contributed by atoms with Crippen molar-refractivity contribution < 1.29 is 18.0 Å². The molecule has 1 aliphatic heterocycles. The van der Waals surface area contributed by atoms with Crippen molar-refractivity contribution in [3.63, 3.8) is 0 Å². The van der Waals surface area contributed by atoms with Crippen molar-refractivity contribution in [3.05, 3.63) is 23.4 Å². The molecular weight excluding hydrogens is 245 g/mol. The Hall–Kier alpha value is -1.59. The molecule has 0 atom stereocenters. The van der Waals surface area contributed by atoms with Gasteiger partial charge in [0.05, 0.1) is 0 Å². The number of nitrogens with zero attached hydrogens (tertiary/aromatic N) is 2. The van der Waals surface area contributed by atoms with Gasteiger partial charge in [-0.1, -0.05) is 13.0 Å². The van der Waals surface area contributed by atoms with Crippen molar-refractivity contribution in [2.24, 2.45) is 0 Å². The number of amides is 1. The number of alkyl halides is 3. The van der Waals surface area contributed by atoms with Crippen LogP contribution in [-0.4, -0.2) is 17.4 Å². The largest absolute Gasteiger partial charge is 0.433 e. The molecule has 0 unspecified atom stereocenters. The molecule has 0 aromatic carbocycles. The first-order chi connectivity index (χ1) is 8.43. The maximum absolute atomic E-state index is 12.8. The Bertz CT molecular complexity index is 471. The van der Waals surface area contributed by atoms with E-state index in [1.54, 1.807) is 6.92 Å². The molecule has 0 bridgehead atoms. The average Bonchev–Trinajstić information content (AvgIpc) is 2.73. The number of hydrogen-bond donors (Lipinski definition) is 0. The van der Waals surface area contributed by atoms with Gasteiger partial charge < -0.3 is 0 Å². The molecule has 1 aromatic heterocycles. The Morgan fingerprint density at radius 1 is 1.39 bits per heavy atom. The molecule has 6 heteroatoms. The van der Waals surface area contributed by atoms with Gasteiger partial charge in [0.25, 0.3) is 0 Å². The van der Waals surface area contributed by atoms with Gasteiger partial charge in [0.15, 0.2) is 0 Å². The number of rotatable bonds is 2. The zero-order chi connectivity index (χ0) is 13.3. The predicted molar refractivity (Wildman–Crippen MR) is 60.2 cm³/mol. The Labute approximate surface area is 103 Å². The van der Waals surface area contributed by atoms with E-state index in [-0.39, 0.29) is 23.7 Å². The Balaban J connectivity index is 2.43. The van der Waals surface area contributed by atoms with Gasteiger partial charge in [-0.2, -0.15) is 13.2 Å². The maximum Gasteiger partial charge on any atom is 0.433 e. The second kappa shape index (κ2) is 4.59. The minimum absolute atomic E-state index is 0.0991. The van der Waals surface area contributed by atoms with E-state index in [1.165, 1.54) is 17.0 Å². The summed E-state index contributed by atoms with van der Waals surface area (Å²) in [5.41, 5.74) is -0.736. The van der Waals surface area contributed by atoms with E-state index in [4.69, 9.17) is 0 Å². The third-order valence-electron chi connectivity index (χ3n) is 2.96. The van der Waals surface area contributed by atoms with Crippen molar-refractivity contribution in [1.29, 1.82) is 0 Å². The molecule has 2 heterocycles. The fraction of sp³-hybridized carbons (Fsp3) is 0.500. The van der Waals surface area contributed by atoms with Crippen LogP contribution >= 0.6 is 0 Å². The molecule has 2 rings (SSSR count). The van der Waals surface area contributed by atoms with Crippen molar-refractivity contribution in [1.82, 2.24) is 4.98 Å². The summed E-state index contributed by atoms with van der Waals surface area (Å²) in [6.45, 7) is 2.08. The van der Waals surface area contributed by atoms with E-state index < -0.39 is 11.9 Å². The van der Waals surface area contributed by atoms with Crippen LogP contribution in [0.15, 0.2) is 12.1 Å². The number of carbonyl (C=O) groups excluding carboxylic acids is 1. The van der Waals surface area contributed by atoms with Crippen LogP contribution in [0.3, 0.4) is 0 Å². The minimum atomic E-state index is -4.48. The minimum Gasteiger partial charge on any atom is -0.297 e. The first-order valence-electron chi connectivity index (χ1n) is 5.81. The molecule has 1 fully saturated rings. The zero-order valence-corrected chi connectivity index (χ0v) is 9.92. The quantitative estimate of drug-likeness (QED) is 0.817. The van der Waals surface area contributed by atoms with Crippen molar-refractivity contribution >= 4 is 11.7 Å². The van der Waals surface area contributed by atoms with Gasteiger partial charge in [0.1, 0.15) is 11.5 Å². The fourth-order valence-corrected chi connectivity index (χ4v) is 2.05. The summed E-state index contributed by atoms with van der Waals surface area (Å²) < 4.78 is 38.5. The smallest absolute Gasteiger partial charge is 0.297 e. The zero-order valence-electron chi connectivity index (χ0n) is 9.92. The summed E-state index contributed by atoms with van der Waals surface area (Å²) in [5.74, 6) is -0.0677. The molecule has 98 valence electrons. The lowest BCUT2D eigenvalue weighted by Crippen LogP contribution is -2.26. The molecular formula is C12H13F3N2O. The van der Waals surface area contributed by atoms with Gasteiger partial charge in [-0.15, -0.1) is 0 Å². The van der Waals surface area contributed by atoms with Crippen LogP contribution in [0.5, 0.6) is 0 Å². The topological polar surface area (TPSA) is 33.2 Å². The number of pyridine rings is 1. The highest BCUT2D eigenvalue weighted by Crippen LogP contribution is 2.33. The van der Waals surface area contributed by atoms with Gasteiger partial charge in [0, 0.05) is 13.0 Å². The molecule has 1 amide bonds.